The molecular formula is C20H46O2Si2. The molecule has 0 saturated heterocycles. The minimum Gasteiger partial charge on any atom is -0.416 e. The molecule has 0 saturated carbocycles. The molecule has 0 aliphatic carbocycles. The second kappa shape index (κ2) is 8.36. The summed E-state index contributed by atoms with van der Waals surface area (Å²) in [5.41, 5.74) is 0. The Bertz CT molecular complexity index is 378. The standard InChI is InChI=1S/C20H46O2Si2/c1-14-16(2)18(22-24(12,13)20(7,8)9)17(3)15-21-23(10,11)19(4,5)6/h16-18H,14-15H2,1-13H3/t16-,17-,18-/m1/s1. The maximum atomic E-state index is 6.84. The monoisotopic (exact) mass is 374 g/mol. The van der Waals surface area contributed by atoms with Crippen LogP contribution >= 0.6 is 0 Å². The van der Waals surface area contributed by atoms with Crippen molar-refractivity contribution in [2.24, 2.45) is 11.8 Å². The third kappa shape index (κ3) is 6.58. The van der Waals surface area contributed by atoms with Gasteiger partial charge in [-0.25, -0.2) is 0 Å². The largest absolute Gasteiger partial charge is 0.416 e. The highest BCUT2D eigenvalue weighted by molar-refractivity contribution is 6.74. The van der Waals surface area contributed by atoms with Crippen molar-refractivity contribution in [3.63, 3.8) is 0 Å². The molecule has 3 atom stereocenters. The molecule has 0 aromatic heterocycles. The van der Waals surface area contributed by atoms with E-state index in [0.29, 0.717) is 17.9 Å². The Balaban J connectivity index is 5.15. The highest BCUT2D eigenvalue weighted by Crippen LogP contribution is 2.40. The van der Waals surface area contributed by atoms with Crippen LogP contribution in [0.2, 0.25) is 36.3 Å². The molecule has 0 aliphatic rings. The van der Waals surface area contributed by atoms with Crippen LogP contribution in [0, 0.1) is 11.8 Å². The Morgan fingerprint density at radius 3 is 1.50 bits per heavy atom. The normalized spacial score (nSPS) is 18.4. The summed E-state index contributed by atoms with van der Waals surface area (Å²) >= 11 is 0. The third-order valence-electron chi connectivity index (χ3n) is 6.52. The first-order valence-electron chi connectivity index (χ1n) is 9.78. The molecule has 24 heavy (non-hydrogen) atoms. The van der Waals surface area contributed by atoms with Crippen LogP contribution in [0.1, 0.15) is 68.7 Å². The number of rotatable bonds is 8. The molecular weight excluding hydrogens is 328 g/mol. The van der Waals surface area contributed by atoms with Crippen LogP contribution in [0.5, 0.6) is 0 Å². The maximum absolute atomic E-state index is 6.84. The van der Waals surface area contributed by atoms with E-state index in [1.807, 2.05) is 0 Å². The number of hydrogen-bond donors (Lipinski definition) is 0. The lowest BCUT2D eigenvalue weighted by Crippen LogP contribution is -2.49. The predicted octanol–water partition coefficient (Wildman–Crippen LogP) is 7.08. The lowest BCUT2D eigenvalue weighted by molar-refractivity contribution is 0.0470. The van der Waals surface area contributed by atoms with Gasteiger partial charge in [-0.05, 0) is 42.2 Å². The van der Waals surface area contributed by atoms with Gasteiger partial charge in [0.25, 0.3) is 0 Å². The van der Waals surface area contributed by atoms with E-state index in [4.69, 9.17) is 8.85 Å². The van der Waals surface area contributed by atoms with Gasteiger partial charge in [-0.2, -0.15) is 0 Å². The van der Waals surface area contributed by atoms with E-state index >= 15 is 0 Å². The van der Waals surface area contributed by atoms with Gasteiger partial charge in [0.05, 0.1) is 6.10 Å². The molecule has 0 fully saturated rings. The molecule has 0 heterocycles. The van der Waals surface area contributed by atoms with Crippen molar-refractivity contribution in [1.82, 2.24) is 0 Å². The Labute approximate surface area is 155 Å². The number of hydrogen-bond acceptors (Lipinski definition) is 2. The predicted molar refractivity (Wildman–Crippen MR) is 114 cm³/mol. The topological polar surface area (TPSA) is 18.5 Å². The maximum Gasteiger partial charge on any atom is 0.192 e. The third-order valence-corrected chi connectivity index (χ3v) is 15.5. The van der Waals surface area contributed by atoms with E-state index in [-0.39, 0.29) is 10.1 Å². The first-order chi connectivity index (χ1) is 10.5. The first kappa shape index (κ1) is 24.4. The molecule has 0 bridgehead atoms. The zero-order chi connectivity index (χ0) is 19.6. The van der Waals surface area contributed by atoms with Crippen molar-refractivity contribution in [2.75, 3.05) is 6.61 Å². The molecule has 0 N–H and O–H groups in total. The van der Waals surface area contributed by atoms with E-state index in [1.165, 1.54) is 0 Å². The quantitative estimate of drug-likeness (QED) is 0.422. The van der Waals surface area contributed by atoms with Gasteiger partial charge in [0, 0.05) is 12.5 Å². The zero-order valence-corrected chi connectivity index (χ0v) is 21.0. The lowest BCUT2D eigenvalue weighted by Gasteiger charge is -2.44. The van der Waals surface area contributed by atoms with E-state index < -0.39 is 16.6 Å². The van der Waals surface area contributed by atoms with Gasteiger partial charge in [0.1, 0.15) is 0 Å². The van der Waals surface area contributed by atoms with Crippen molar-refractivity contribution in [3.8, 4) is 0 Å². The van der Waals surface area contributed by atoms with Crippen LogP contribution in [-0.2, 0) is 8.85 Å². The van der Waals surface area contributed by atoms with E-state index in [1.54, 1.807) is 0 Å². The Morgan fingerprint density at radius 1 is 0.750 bits per heavy atom. The SMILES string of the molecule is CC[C@@H](C)[C@@H](O[Si](C)(C)C(C)(C)C)[C@H](C)CO[Si](C)(C)C(C)(C)C. The summed E-state index contributed by atoms with van der Waals surface area (Å²) in [6, 6.07) is 0. The second-order valence-corrected chi connectivity index (χ2v) is 20.3. The Morgan fingerprint density at radius 2 is 1.17 bits per heavy atom. The van der Waals surface area contributed by atoms with E-state index in [2.05, 4.69) is 88.5 Å². The van der Waals surface area contributed by atoms with Gasteiger partial charge in [0.2, 0.25) is 0 Å². The van der Waals surface area contributed by atoms with Crippen molar-refractivity contribution < 1.29 is 8.85 Å². The molecule has 0 aromatic carbocycles. The van der Waals surface area contributed by atoms with Gasteiger partial charge in [-0.3, -0.25) is 0 Å². The van der Waals surface area contributed by atoms with E-state index in [0.717, 1.165) is 13.0 Å². The summed E-state index contributed by atoms with van der Waals surface area (Å²) in [7, 11) is -3.46. The molecule has 0 radical (unpaired) electrons. The first-order valence-corrected chi connectivity index (χ1v) is 15.6. The molecule has 4 heteroatoms. The van der Waals surface area contributed by atoms with E-state index in [9.17, 15) is 0 Å². The van der Waals surface area contributed by atoms with Crippen LogP contribution in [0.25, 0.3) is 0 Å². The zero-order valence-electron chi connectivity index (χ0n) is 19.0. The van der Waals surface area contributed by atoms with Gasteiger partial charge in [-0.1, -0.05) is 68.7 Å². The molecule has 0 unspecified atom stereocenters. The summed E-state index contributed by atoms with van der Waals surface area (Å²) in [5, 5.41) is 0.512. The molecule has 0 aromatic rings. The molecule has 0 amide bonds. The lowest BCUT2D eigenvalue weighted by atomic mass is 9.92. The minimum absolute atomic E-state index is 0.249. The Hall–Kier alpha value is 0.354. The van der Waals surface area contributed by atoms with Crippen LogP contribution in [-0.4, -0.2) is 29.3 Å². The highest BCUT2D eigenvalue weighted by atomic mass is 28.4. The summed E-state index contributed by atoms with van der Waals surface area (Å²) in [6.07, 6.45) is 1.45. The highest BCUT2D eigenvalue weighted by Gasteiger charge is 2.42. The van der Waals surface area contributed by atoms with Gasteiger partial charge in [-0.15, -0.1) is 0 Å². The summed E-state index contributed by atoms with van der Waals surface area (Å²) < 4.78 is 13.3. The molecule has 146 valence electrons. The average molecular weight is 375 g/mol. The molecule has 0 spiro atoms. The minimum atomic E-state index is -1.77. The van der Waals surface area contributed by atoms with Crippen LogP contribution in [0.15, 0.2) is 0 Å². The Kier molecular flexibility index (Phi) is 8.49. The second-order valence-electron chi connectivity index (χ2n) is 10.8. The van der Waals surface area contributed by atoms with Crippen molar-refractivity contribution in [2.45, 2.75) is 111 Å². The molecule has 2 nitrogen and oxygen atoms in total. The summed E-state index contributed by atoms with van der Waals surface area (Å²) in [4.78, 5) is 0. The average Bonchev–Trinajstić information content (AvgIpc) is 2.38. The smallest absolute Gasteiger partial charge is 0.192 e. The van der Waals surface area contributed by atoms with Gasteiger partial charge in [0.15, 0.2) is 16.6 Å². The van der Waals surface area contributed by atoms with Crippen molar-refractivity contribution in [3.05, 3.63) is 0 Å². The van der Waals surface area contributed by atoms with Gasteiger partial charge >= 0.3 is 0 Å². The molecule has 0 rings (SSSR count). The van der Waals surface area contributed by atoms with Gasteiger partial charge < -0.3 is 8.85 Å². The van der Waals surface area contributed by atoms with Crippen molar-refractivity contribution >= 4 is 16.6 Å². The van der Waals surface area contributed by atoms with Crippen LogP contribution < -0.4 is 0 Å². The van der Waals surface area contributed by atoms with Crippen LogP contribution in [0.3, 0.4) is 0 Å². The van der Waals surface area contributed by atoms with Crippen LogP contribution in [0.4, 0.5) is 0 Å². The molecule has 0 aliphatic heterocycles. The van der Waals surface area contributed by atoms with Crippen molar-refractivity contribution in [1.29, 1.82) is 0 Å². The fourth-order valence-electron chi connectivity index (χ4n) is 2.19. The fourth-order valence-corrected chi connectivity index (χ4v) is 4.80. The summed E-state index contributed by atoms with van der Waals surface area (Å²) in [6.45, 7) is 31.0. The summed E-state index contributed by atoms with van der Waals surface area (Å²) in [5.74, 6) is 1.00. The fraction of sp³-hybridized carbons (Fsp3) is 1.00.